The first-order chi connectivity index (χ1) is 6.32. The van der Waals surface area contributed by atoms with E-state index < -0.39 is 19.9 Å². The zero-order valence-corrected chi connectivity index (χ0v) is 8.28. The van der Waals surface area contributed by atoms with Gasteiger partial charge in [0.15, 0.2) is 0 Å². The molecule has 0 fully saturated rings. The van der Waals surface area contributed by atoms with E-state index in [9.17, 15) is 18.5 Å². The van der Waals surface area contributed by atoms with Crippen molar-refractivity contribution in [2.24, 2.45) is 0 Å². The van der Waals surface area contributed by atoms with Gasteiger partial charge in [0, 0.05) is 6.26 Å². The highest BCUT2D eigenvalue weighted by atomic mass is 32.2. The van der Waals surface area contributed by atoms with E-state index in [2.05, 4.69) is 9.97 Å². The van der Waals surface area contributed by atoms with E-state index in [1.165, 1.54) is 6.92 Å². The van der Waals surface area contributed by atoms with Crippen LogP contribution in [0.2, 0.25) is 0 Å². The van der Waals surface area contributed by atoms with Gasteiger partial charge in [-0.15, -0.1) is 0 Å². The van der Waals surface area contributed by atoms with Crippen LogP contribution in [-0.4, -0.2) is 29.6 Å². The Hall–Kier alpha value is -1.57. The predicted octanol–water partition coefficient (Wildman–Crippen LogP) is 0.0967. The molecule has 0 radical (unpaired) electrons. The summed E-state index contributed by atoms with van der Waals surface area (Å²) in [4.78, 5) is 16.6. The maximum absolute atomic E-state index is 11.0. The summed E-state index contributed by atoms with van der Waals surface area (Å²) in [5.74, 6) is 0. The van der Waals surface area contributed by atoms with Gasteiger partial charge >= 0.3 is 5.69 Å². The zero-order valence-electron chi connectivity index (χ0n) is 7.46. The molecule has 0 spiro atoms. The van der Waals surface area contributed by atoms with E-state index in [4.69, 9.17) is 0 Å². The average molecular weight is 217 g/mol. The Labute approximate surface area is 79.9 Å². The fourth-order valence-corrected chi connectivity index (χ4v) is 1.34. The quantitative estimate of drug-likeness (QED) is 0.395. The van der Waals surface area contributed by atoms with E-state index >= 15 is 0 Å². The maximum atomic E-state index is 11.0. The number of hydrogen-bond donors (Lipinski definition) is 0. The van der Waals surface area contributed by atoms with E-state index in [1.54, 1.807) is 0 Å². The standard InChI is InChI=1S/C6H7N3O4S/c1-4-5(9(10)11)3-7-6(8-4)14(2,12)13/h3H,1-2H3. The number of nitrogens with zero attached hydrogens (tertiary/aromatic N) is 3. The molecule has 0 aromatic carbocycles. The van der Waals surface area contributed by atoms with Crippen LogP contribution in [0.5, 0.6) is 0 Å². The topological polar surface area (TPSA) is 103 Å². The molecule has 76 valence electrons. The highest BCUT2D eigenvalue weighted by Crippen LogP contribution is 2.14. The number of nitro groups is 1. The van der Waals surface area contributed by atoms with Crippen molar-refractivity contribution in [2.45, 2.75) is 12.1 Å². The molecule has 0 N–H and O–H groups in total. The molecule has 1 heterocycles. The Balaban J connectivity index is 3.34. The Bertz CT molecular complexity index is 482. The maximum Gasteiger partial charge on any atom is 0.308 e. The normalized spacial score (nSPS) is 11.3. The van der Waals surface area contributed by atoms with Crippen LogP contribution in [0.3, 0.4) is 0 Å². The van der Waals surface area contributed by atoms with Crippen molar-refractivity contribution < 1.29 is 13.3 Å². The highest BCUT2D eigenvalue weighted by Gasteiger charge is 2.17. The van der Waals surface area contributed by atoms with Crippen molar-refractivity contribution >= 4 is 15.5 Å². The molecule has 1 rings (SSSR count). The molecule has 1 aromatic rings. The SMILES string of the molecule is Cc1nc(S(C)(=O)=O)ncc1[N+](=O)[O-]. The van der Waals surface area contributed by atoms with Gasteiger partial charge < -0.3 is 0 Å². The first-order valence-electron chi connectivity index (χ1n) is 3.50. The van der Waals surface area contributed by atoms with E-state index in [1.807, 2.05) is 0 Å². The average Bonchev–Trinajstić information content (AvgIpc) is 2.01. The van der Waals surface area contributed by atoms with Crippen molar-refractivity contribution in [3.05, 3.63) is 22.0 Å². The molecular formula is C6H7N3O4S. The lowest BCUT2D eigenvalue weighted by Gasteiger charge is -1.98. The third-order valence-electron chi connectivity index (χ3n) is 1.46. The predicted molar refractivity (Wildman–Crippen MR) is 46.5 cm³/mol. The summed E-state index contributed by atoms with van der Waals surface area (Å²) in [5, 5.41) is 9.96. The van der Waals surface area contributed by atoms with Gasteiger partial charge in [-0.1, -0.05) is 0 Å². The van der Waals surface area contributed by atoms with Gasteiger partial charge in [-0.3, -0.25) is 10.1 Å². The number of aromatic nitrogens is 2. The summed E-state index contributed by atoms with van der Waals surface area (Å²) in [6.07, 6.45) is 1.83. The Morgan fingerprint density at radius 1 is 1.50 bits per heavy atom. The van der Waals surface area contributed by atoms with Crippen molar-refractivity contribution in [1.29, 1.82) is 0 Å². The van der Waals surface area contributed by atoms with Crippen LogP contribution in [0.4, 0.5) is 5.69 Å². The van der Waals surface area contributed by atoms with E-state index in [-0.39, 0.29) is 11.4 Å². The first kappa shape index (κ1) is 10.5. The molecule has 14 heavy (non-hydrogen) atoms. The summed E-state index contributed by atoms with van der Waals surface area (Å²) >= 11 is 0. The molecule has 0 atom stereocenters. The Kier molecular flexibility index (Phi) is 2.47. The van der Waals surface area contributed by atoms with Gasteiger partial charge in [0.2, 0.25) is 15.0 Å². The summed E-state index contributed by atoms with van der Waals surface area (Å²) in [6.45, 7) is 1.36. The zero-order chi connectivity index (χ0) is 10.9. The van der Waals surface area contributed by atoms with Gasteiger partial charge in [0.05, 0.1) is 4.92 Å². The third kappa shape index (κ3) is 2.02. The van der Waals surface area contributed by atoms with Crippen molar-refractivity contribution in [3.63, 3.8) is 0 Å². The second-order valence-corrected chi connectivity index (χ2v) is 4.56. The lowest BCUT2D eigenvalue weighted by atomic mass is 10.4. The molecule has 7 nitrogen and oxygen atoms in total. The lowest BCUT2D eigenvalue weighted by molar-refractivity contribution is -0.386. The second-order valence-electron chi connectivity index (χ2n) is 2.65. The molecule has 0 unspecified atom stereocenters. The molecular weight excluding hydrogens is 210 g/mol. The molecule has 1 aromatic heterocycles. The van der Waals surface area contributed by atoms with Crippen molar-refractivity contribution in [2.75, 3.05) is 6.26 Å². The fraction of sp³-hybridized carbons (Fsp3) is 0.333. The van der Waals surface area contributed by atoms with Crippen LogP contribution in [0.15, 0.2) is 11.4 Å². The molecule has 0 aliphatic rings. The summed E-state index contributed by atoms with van der Waals surface area (Å²) < 4.78 is 21.9. The second kappa shape index (κ2) is 3.29. The monoisotopic (exact) mass is 217 g/mol. The third-order valence-corrected chi connectivity index (χ3v) is 2.32. The minimum atomic E-state index is -3.51. The molecule has 0 aliphatic carbocycles. The van der Waals surface area contributed by atoms with Crippen LogP contribution in [0, 0.1) is 17.0 Å². The number of sulfone groups is 1. The van der Waals surface area contributed by atoms with Gasteiger partial charge in [0.1, 0.15) is 11.9 Å². The van der Waals surface area contributed by atoms with Crippen molar-refractivity contribution in [3.8, 4) is 0 Å². The molecule has 0 saturated heterocycles. The Morgan fingerprint density at radius 2 is 2.07 bits per heavy atom. The van der Waals surface area contributed by atoms with Gasteiger partial charge in [-0.25, -0.2) is 18.4 Å². The molecule has 0 aliphatic heterocycles. The van der Waals surface area contributed by atoms with E-state index in [0.29, 0.717) is 0 Å². The molecule has 0 saturated carbocycles. The largest absolute Gasteiger partial charge is 0.308 e. The summed E-state index contributed by atoms with van der Waals surface area (Å²) in [6, 6.07) is 0. The van der Waals surface area contributed by atoms with Gasteiger partial charge in [-0.2, -0.15) is 0 Å². The van der Waals surface area contributed by atoms with Crippen LogP contribution in [-0.2, 0) is 9.84 Å². The van der Waals surface area contributed by atoms with Gasteiger partial charge in [0.25, 0.3) is 0 Å². The van der Waals surface area contributed by atoms with Crippen LogP contribution in [0.1, 0.15) is 5.69 Å². The smallest absolute Gasteiger partial charge is 0.258 e. The van der Waals surface area contributed by atoms with E-state index in [0.717, 1.165) is 12.5 Å². The Morgan fingerprint density at radius 3 is 2.43 bits per heavy atom. The highest BCUT2D eigenvalue weighted by molar-refractivity contribution is 7.90. The van der Waals surface area contributed by atoms with Crippen molar-refractivity contribution in [1.82, 2.24) is 9.97 Å². The lowest BCUT2D eigenvalue weighted by Crippen LogP contribution is -2.06. The number of hydrogen-bond acceptors (Lipinski definition) is 6. The molecule has 8 heteroatoms. The number of rotatable bonds is 2. The minimum absolute atomic E-state index is 0.0328. The fourth-order valence-electron chi connectivity index (χ4n) is 0.797. The summed E-state index contributed by atoms with van der Waals surface area (Å²) in [5.41, 5.74) is -0.261. The van der Waals surface area contributed by atoms with Crippen LogP contribution in [0.25, 0.3) is 0 Å². The van der Waals surface area contributed by atoms with Crippen LogP contribution >= 0.6 is 0 Å². The minimum Gasteiger partial charge on any atom is -0.258 e. The molecule has 0 bridgehead atoms. The molecule has 0 amide bonds. The first-order valence-corrected chi connectivity index (χ1v) is 5.39. The summed E-state index contributed by atoms with van der Waals surface area (Å²) in [7, 11) is -3.51. The van der Waals surface area contributed by atoms with Crippen LogP contribution < -0.4 is 0 Å². The number of aryl methyl sites for hydroxylation is 1. The van der Waals surface area contributed by atoms with Gasteiger partial charge in [-0.05, 0) is 6.92 Å².